The van der Waals surface area contributed by atoms with Crippen molar-refractivity contribution in [1.29, 1.82) is 0 Å². The third kappa shape index (κ3) is 3.52. The number of hydrogen-bond acceptors (Lipinski definition) is 6. The van der Waals surface area contributed by atoms with E-state index in [1.54, 1.807) is 17.4 Å². The molecule has 3 heterocycles. The van der Waals surface area contributed by atoms with Crippen LogP contribution in [0.2, 0.25) is 0 Å². The van der Waals surface area contributed by atoms with Gasteiger partial charge in [-0.1, -0.05) is 6.08 Å². The van der Waals surface area contributed by atoms with Gasteiger partial charge in [-0.15, -0.1) is 11.3 Å². The first kappa shape index (κ1) is 16.6. The fraction of sp³-hybridized carbons (Fsp3) is 0.300. The molecule has 1 saturated carbocycles. The summed E-state index contributed by atoms with van der Waals surface area (Å²) in [5, 5.41) is 8.62. The predicted molar refractivity (Wildman–Crippen MR) is 107 cm³/mol. The van der Waals surface area contributed by atoms with Crippen LogP contribution >= 0.6 is 11.3 Å². The number of rotatable bonds is 5. The van der Waals surface area contributed by atoms with E-state index in [2.05, 4.69) is 20.6 Å². The molecular formula is C20H19FN4OS. The lowest BCUT2D eigenvalue weighted by molar-refractivity contribution is 0.161. The summed E-state index contributed by atoms with van der Waals surface area (Å²) in [7, 11) is 0. The van der Waals surface area contributed by atoms with Crippen molar-refractivity contribution in [3.8, 4) is 0 Å². The molecule has 2 N–H and O–H groups in total. The Balaban J connectivity index is 1.43. The van der Waals surface area contributed by atoms with Crippen LogP contribution in [0.15, 0.2) is 35.7 Å². The quantitative estimate of drug-likeness (QED) is 0.654. The van der Waals surface area contributed by atoms with E-state index in [1.165, 1.54) is 18.9 Å². The average Bonchev–Trinajstić information content (AvgIpc) is 3.36. The number of thiophene rings is 1. The molecule has 5 rings (SSSR count). The predicted octanol–water partition coefficient (Wildman–Crippen LogP) is 4.95. The van der Waals surface area contributed by atoms with Crippen molar-refractivity contribution in [2.75, 3.05) is 23.8 Å². The number of nitrogens with one attached hydrogen (secondary N) is 2. The molecule has 0 spiro atoms. The Morgan fingerprint density at radius 3 is 2.89 bits per heavy atom. The summed E-state index contributed by atoms with van der Waals surface area (Å²) >= 11 is 1.63. The van der Waals surface area contributed by atoms with E-state index in [4.69, 9.17) is 4.74 Å². The molecule has 0 atom stereocenters. The number of anilines is 3. The van der Waals surface area contributed by atoms with Gasteiger partial charge in [-0.3, -0.25) is 0 Å². The number of halogens is 1. The second kappa shape index (κ2) is 6.90. The van der Waals surface area contributed by atoms with Crippen molar-refractivity contribution in [2.24, 2.45) is 0 Å². The van der Waals surface area contributed by atoms with E-state index < -0.39 is 0 Å². The normalized spacial score (nSPS) is 17.0. The van der Waals surface area contributed by atoms with Crippen LogP contribution in [0.4, 0.5) is 21.8 Å². The molecule has 0 unspecified atom stereocenters. The maximum absolute atomic E-state index is 14.6. The molecule has 2 aliphatic rings. The van der Waals surface area contributed by atoms with Crippen LogP contribution in [0.3, 0.4) is 0 Å². The fourth-order valence-corrected chi connectivity index (χ4v) is 3.98. The van der Waals surface area contributed by atoms with Crippen LogP contribution in [-0.2, 0) is 4.74 Å². The Labute approximate surface area is 160 Å². The van der Waals surface area contributed by atoms with E-state index in [0.29, 0.717) is 36.5 Å². The first-order valence-corrected chi connectivity index (χ1v) is 10.00. The summed E-state index contributed by atoms with van der Waals surface area (Å²) in [5.74, 6) is 1.08. The zero-order valence-corrected chi connectivity index (χ0v) is 15.5. The highest BCUT2D eigenvalue weighted by Crippen LogP contribution is 2.33. The number of benzene rings is 1. The Morgan fingerprint density at radius 1 is 1.19 bits per heavy atom. The van der Waals surface area contributed by atoms with Crippen molar-refractivity contribution < 1.29 is 9.13 Å². The highest BCUT2D eigenvalue weighted by Gasteiger charge is 2.23. The molecular weight excluding hydrogens is 363 g/mol. The highest BCUT2D eigenvalue weighted by molar-refractivity contribution is 7.17. The SMILES string of the molecule is Fc1cc(Nc2nc(NC3CC3)c3sccc3n2)ccc1C1=CCOCC1. The molecule has 0 bridgehead atoms. The topological polar surface area (TPSA) is 59.1 Å². The first-order chi connectivity index (χ1) is 13.3. The van der Waals surface area contributed by atoms with Gasteiger partial charge in [0.1, 0.15) is 11.6 Å². The molecule has 0 radical (unpaired) electrons. The van der Waals surface area contributed by atoms with Crippen LogP contribution in [0.5, 0.6) is 0 Å². The lowest BCUT2D eigenvalue weighted by Gasteiger charge is -2.15. The second-order valence-corrected chi connectivity index (χ2v) is 7.74. The zero-order valence-electron chi connectivity index (χ0n) is 14.7. The van der Waals surface area contributed by atoms with Crippen LogP contribution in [0, 0.1) is 5.82 Å². The molecule has 1 aromatic carbocycles. The molecule has 138 valence electrons. The van der Waals surface area contributed by atoms with Gasteiger partial charge < -0.3 is 15.4 Å². The Morgan fingerprint density at radius 2 is 2.11 bits per heavy atom. The summed E-state index contributed by atoms with van der Waals surface area (Å²) in [6.07, 6.45) is 5.02. The van der Waals surface area contributed by atoms with E-state index in [1.807, 2.05) is 23.6 Å². The van der Waals surface area contributed by atoms with Gasteiger partial charge in [-0.25, -0.2) is 9.37 Å². The van der Waals surface area contributed by atoms with Crippen molar-refractivity contribution in [1.82, 2.24) is 9.97 Å². The molecule has 27 heavy (non-hydrogen) atoms. The maximum atomic E-state index is 14.6. The molecule has 2 aromatic heterocycles. The van der Waals surface area contributed by atoms with E-state index in [9.17, 15) is 4.39 Å². The van der Waals surface area contributed by atoms with Gasteiger partial charge in [0.2, 0.25) is 5.95 Å². The third-order valence-electron chi connectivity index (χ3n) is 4.76. The summed E-state index contributed by atoms with van der Waals surface area (Å²) < 4.78 is 21.0. The van der Waals surface area contributed by atoms with E-state index >= 15 is 0 Å². The molecule has 7 heteroatoms. The van der Waals surface area contributed by atoms with E-state index in [-0.39, 0.29) is 5.82 Å². The monoisotopic (exact) mass is 382 g/mol. The number of nitrogens with zero attached hydrogens (tertiary/aromatic N) is 2. The summed E-state index contributed by atoms with van der Waals surface area (Å²) in [4.78, 5) is 9.18. The average molecular weight is 382 g/mol. The van der Waals surface area contributed by atoms with Crippen LogP contribution in [0.1, 0.15) is 24.8 Å². The standard InChI is InChI=1S/C20H19FN4OS/c21-16-11-14(3-4-15(16)12-5-8-26-9-6-12)23-20-24-17-7-10-27-18(17)19(25-20)22-13-1-2-13/h3-5,7,10-11,13H,1-2,6,8-9H2,(H2,22,23,24,25). The summed E-state index contributed by atoms with van der Waals surface area (Å²) in [5.41, 5.74) is 3.16. The van der Waals surface area contributed by atoms with Gasteiger partial charge in [0.25, 0.3) is 0 Å². The molecule has 0 amide bonds. The van der Waals surface area contributed by atoms with E-state index in [0.717, 1.165) is 28.0 Å². The largest absolute Gasteiger partial charge is 0.377 e. The van der Waals surface area contributed by atoms with Gasteiger partial charge >= 0.3 is 0 Å². The number of fused-ring (bicyclic) bond motifs is 1. The summed E-state index contributed by atoms with van der Waals surface area (Å²) in [6, 6.07) is 7.65. The van der Waals surface area contributed by atoms with Crippen LogP contribution in [-0.4, -0.2) is 29.2 Å². The molecule has 1 fully saturated rings. The minimum absolute atomic E-state index is 0.249. The van der Waals surface area contributed by atoms with Gasteiger partial charge in [-0.2, -0.15) is 4.98 Å². The van der Waals surface area contributed by atoms with Crippen molar-refractivity contribution in [3.05, 3.63) is 47.1 Å². The molecule has 1 aliphatic heterocycles. The van der Waals surface area contributed by atoms with Gasteiger partial charge in [-0.05, 0) is 54.5 Å². The minimum Gasteiger partial charge on any atom is -0.377 e. The van der Waals surface area contributed by atoms with Crippen molar-refractivity contribution >= 4 is 44.6 Å². The first-order valence-electron chi connectivity index (χ1n) is 9.12. The smallest absolute Gasteiger partial charge is 0.229 e. The van der Waals surface area contributed by atoms with Gasteiger partial charge in [0, 0.05) is 17.3 Å². The molecule has 1 aliphatic carbocycles. The molecule has 5 nitrogen and oxygen atoms in total. The Hall–Kier alpha value is -2.51. The number of aromatic nitrogens is 2. The Kier molecular flexibility index (Phi) is 4.26. The lowest BCUT2D eigenvalue weighted by atomic mass is 10.0. The second-order valence-electron chi connectivity index (χ2n) is 6.82. The van der Waals surface area contributed by atoms with Crippen LogP contribution < -0.4 is 10.6 Å². The molecule has 3 aromatic rings. The number of ether oxygens (including phenoxy) is 1. The maximum Gasteiger partial charge on any atom is 0.229 e. The van der Waals surface area contributed by atoms with Gasteiger partial charge in [0.15, 0.2) is 0 Å². The molecule has 0 saturated heterocycles. The minimum atomic E-state index is -0.249. The Bertz CT molecular complexity index is 1030. The highest BCUT2D eigenvalue weighted by atomic mass is 32.1. The number of hydrogen-bond donors (Lipinski definition) is 2. The third-order valence-corrected chi connectivity index (χ3v) is 5.67. The zero-order chi connectivity index (χ0) is 18.2. The van der Waals surface area contributed by atoms with Crippen molar-refractivity contribution in [3.63, 3.8) is 0 Å². The van der Waals surface area contributed by atoms with Crippen molar-refractivity contribution in [2.45, 2.75) is 25.3 Å². The fourth-order valence-electron chi connectivity index (χ4n) is 3.19. The van der Waals surface area contributed by atoms with Crippen LogP contribution in [0.25, 0.3) is 15.8 Å². The van der Waals surface area contributed by atoms with Gasteiger partial charge in [0.05, 0.1) is 23.4 Å². The summed E-state index contributed by atoms with van der Waals surface area (Å²) in [6.45, 7) is 1.18. The lowest BCUT2D eigenvalue weighted by Crippen LogP contribution is -2.07.